The van der Waals surface area contributed by atoms with E-state index in [0.29, 0.717) is 18.3 Å². The first-order valence-corrected chi connectivity index (χ1v) is 6.76. The minimum atomic E-state index is -0.374. The highest BCUT2D eigenvalue weighted by atomic mass is 16.3. The Kier molecular flexibility index (Phi) is 2.04. The van der Waals surface area contributed by atoms with E-state index >= 15 is 0 Å². The van der Waals surface area contributed by atoms with Crippen molar-refractivity contribution in [2.45, 2.75) is 53.1 Å². The zero-order valence-electron chi connectivity index (χ0n) is 11.2. The number of ketones is 1. The van der Waals surface area contributed by atoms with E-state index in [-0.39, 0.29) is 22.7 Å². The highest BCUT2D eigenvalue weighted by Crippen LogP contribution is 2.71. The molecule has 0 heterocycles. The Morgan fingerprint density at radius 1 is 1.29 bits per heavy atom. The number of fused-ring (bicyclic) bond motifs is 1. The molecule has 3 aliphatic carbocycles. The van der Waals surface area contributed by atoms with Gasteiger partial charge in [0, 0.05) is 11.8 Å². The van der Waals surface area contributed by atoms with Crippen LogP contribution in [0.5, 0.6) is 0 Å². The second kappa shape index (κ2) is 3.03. The molecular formula is C15H22O2. The van der Waals surface area contributed by atoms with Crippen molar-refractivity contribution in [3.8, 4) is 0 Å². The molecular weight excluding hydrogens is 212 g/mol. The molecule has 1 N–H and O–H groups in total. The van der Waals surface area contributed by atoms with E-state index in [0.717, 1.165) is 24.0 Å². The topological polar surface area (TPSA) is 37.3 Å². The Hall–Kier alpha value is -0.630. The molecule has 94 valence electrons. The number of Topliss-reactive ketones (excluding diaryl/α,β-unsaturated/α-hetero) is 1. The molecule has 0 radical (unpaired) electrons. The summed E-state index contributed by atoms with van der Waals surface area (Å²) in [6, 6.07) is 0. The minimum absolute atomic E-state index is 0.0451. The van der Waals surface area contributed by atoms with Crippen LogP contribution < -0.4 is 0 Å². The van der Waals surface area contributed by atoms with E-state index in [4.69, 9.17) is 0 Å². The summed E-state index contributed by atoms with van der Waals surface area (Å²) in [5, 5.41) is 10.6. The molecule has 4 unspecified atom stereocenters. The molecule has 2 saturated carbocycles. The molecule has 17 heavy (non-hydrogen) atoms. The molecule has 0 aromatic rings. The lowest BCUT2D eigenvalue weighted by molar-refractivity contribution is -0.120. The summed E-state index contributed by atoms with van der Waals surface area (Å²) in [7, 11) is 0. The number of allylic oxidation sites excluding steroid dienone is 1. The standard InChI is InChI=1S/C15H22O2/c1-8-5-6-10-13(17)12-9(2)11(16)7-15(8,12)14(10,3)4/h8,10,13,17H,5-7H2,1-4H3. The summed E-state index contributed by atoms with van der Waals surface area (Å²) < 4.78 is 0. The number of carbonyl (C=O) groups is 1. The van der Waals surface area contributed by atoms with Gasteiger partial charge in [-0.15, -0.1) is 0 Å². The number of hydrogen-bond acceptors (Lipinski definition) is 2. The average Bonchev–Trinajstić information content (AvgIpc) is 2.53. The van der Waals surface area contributed by atoms with E-state index in [9.17, 15) is 9.90 Å². The van der Waals surface area contributed by atoms with Crippen LogP contribution in [0.4, 0.5) is 0 Å². The first-order valence-electron chi connectivity index (χ1n) is 6.76. The highest BCUT2D eigenvalue weighted by molar-refractivity contribution is 6.00. The highest BCUT2D eigenvalue weighted by Gasteiger charge is 2.68. The van der Waals surface area contributed by atoms with Crippen LogP contribution in [0.1, 0.15) is 47.0 Å². The average molecular weight is 234 g/mol. The molecule has 2 nitrogen and oxygen atoms in total. The minimum Gasteiger partial charge on any atom is -0.388 e. The van der Waals surface area contributed by atoms with Crippen LogP contribution in [0.3, 0.4) is 0 Å². The summed E-state index contributed by atoms with van der Waals surface area (Å²) >= 11 is 0. The molecule has 2 heteroatoms. The van der Waals surface area contributed by atoms with Gasteiger partial charge < -0.3 is 5.11 Å². The van der Waals surface area contributed by atoms with Gasteiger partial charge in [0.25, 0.3) is 0 Å². The molecule has 3 rings (SSSR count). The third kappa shape index (κ3) is 1.00. The molecule has 1 spiro atoms. The predicted octanol–water partition coefficient (Wildman–Crippen LogP) is 2.71. The van der Waals surface area contributed by atoms with Crippen LogP contribution in [0, 0.1) is 22.7 Å². The lowest BCUT2D eigenvalue weighted by atomic mass is 9.53. The van der Waals surface area contributed by atoms with Gasteiger partial charge >= 0.3 is 0 Å². The molecule has 0 aliphatic heterocycles. The fourth-order valence-electron chi connectivity index (χ4n) is 5.22. The summed E-state index contributed by atoms with van der Waals surface area (Å²) in [6.07, 6.45) is 2.51. The first kappa shape index (κ1) is 11.5. The van der Waals surface area contributed by atoms with Crippen molar-refractivity contribution in [3.05, 3.63) is 11.1 Å². The van der Waals surface area contributed by atoms with Crippen molar-refractivity contribution < 1.29 is 9.90 Å². The number of aliphatic hydroxyl groups is 1. The van der Waals surface area contributed by atoms with Crippen molar-refractivity contribution in [1.29, 1.82) is 0 Å². The van der Waals surface area contributed by atoms with Gasteiger partial charge in [0.05, 0.1) is 6.10 Å². The molecule has 3 aliphatic rings. The molecule has 0 saturated heterocycles. The summed E-state index contributed by atoms with van der Waals surface area (Å²) in [5.41, 5.74) is 1.98. The maximum atomic E-state index is 12.1. The fraction of sp³-hybridized carbons (Fsp3) is 0.800. The number of carbonyl (C=O) groups excluding carboxylic acids is 1. The van der Waals surface area contributed by atoms with Crippen molar-refractivity contribution in [3.63, 3.8) is 0 Å². The van der Waals surface area contributed by atoms with Crippen molar-refractivity contribution in [2.24, 2.45) is 22.7 Å². The fourth-order valence-corrected chi connectivity index (χ4v) is 5.22. The predicted molar refractivity (Wildman–Crippen MR) is 66.4 cm³/mol. The van der Waals surface area contributed by atoms with E-state index in [1.807, 2.05) is 6.92 Å². The van der Waals surface area contributed by atoms with Crippen LogP contribution in [-0.4, -0.2) is 17.0 Å². The zero-order chi connectivity index (χ0) is 12.6. The SMILES string of the molecule is CC1=C2C(O)C3CCC(C)C2(CC1=O)C3(C)C. The van der Waals surface area contributed by atoms with Gasteiger partial charge in [-0.1, -0.05) is 20.8 Å². The summed E-state index contributed by atoms with van der Waals surface area (Å²) in [4.78, 5) is 12.1. The van der Waals surface area contributed by atoms with Crippen LogP contribution in [0.25, 0.3) is 0 Å². The second-order valence-electron chi connectivity index (χ2n) is 6.86. The van der Waals surface area contributed by atoms with Gasteiger partial charge in [0.2, 0.25) is 0 Å². The van der Waals surface area contributed by atoms with E-state index < -0.39 is 0 Å². The Labute approximate surface area is 103 Å². The van der Waals surface area contributed by atoms with Crippen LogP contribution in [-0.2, 0) is 4.79 Å². The van der Waals surface area contributed by atoms with E-state index in [1.54, 1.807) is 0 Å². The van der Waals surface area contributed by atoms with Gasteiger partial charge in [0.1, 0.15) is 0 Å². The number of rotatable bonds is 0. The van der Waals surface area contributed by atoms with Gasteiger partial charge in [-0.3, -0.25) is 4.79 Å². The largest absolute Gasteiger partial charge is 0.388 e. The lowest BCUT2D eigenvalue weighted by Gasteiger charge is -2.50. The monoisotopic (exact) mass is 234 g/mol. The zero-order valence-corrected chi connectivity index (χ0v) is 11.2. The number of aliphatic hydroxyl groups excluding tert-OH is 1. The summed E-state index contributed by atoms with van der Waals surface area (Å²) in [6.45, 7) is 8.70. The maximum Gasteiger partial charge on any atom is 0.159 e. The van der Waals surface area contributed by atoms with Gasteiger partial charge in [-0.05, 0) is 48.2 Å². The smallest absolute Gasteiger partial charge is 0.159 e. The van der Waals surface area contributed by atoms with Crippen LogP contribution >= 0.6 is 0 Å². The van der Waals surface area contributed by atoms with E-state index in [1.165, 1.54) is 0 Å². The van der Waals surface area contributed by atoms with Crippen LogP contribution in [0.2, 0.25) is 0 Å². The van der Waals surface area contributed by atoms with Crippen LogP contribution in [0.15, 0.2) is 11.1 Å². The molecule has 4 atom stereocenters. The molecule has 0 amide bonds. The summed E-state index contributed by atoms with van der Waals surface area (Å²) in [5.74, 6) is 1.12. The van der Waals surface area contributed by atoms with Crippen molar-refractivity contribution >= 4 is 5.78 Å². The second-order valence-corrected chi connectivity index (χ2v) is 6.86. The number of hydrogen-bond donors (Lipinski definition) is 1. The molecule has 0 aromatic carbocycles. The van der Waals surface area contributed by atoms with Gasteiger partial charge in [0.15, 0.2) is 5.78 Å². The maximum absolute atomic E-state index is 12.1. The third-order valence-electron chi connectivity index (χ3n) is 6.25. The first-order chi connectivity index (χ1) is 7.84. The Morgan fingerprint density at radius 2 is 1.94 bits per heavy atom. The van der Waals surface area contributed by atoms with Gasteiger partial charge in [-0.25, -0.2) is 0 Å². The Morgan fingerprint density at radius 3 is 2.59 bits per heavy atom. The van der Waals surface area contributed by atoms with Gasteiger partial charge in [-0.2, -0.15) is 0 Å². The molecule has 2 fully saturated rings. The molecule has 0 aromatic heterocycles. The lowest BCUT2D eigenvalue weighted by Crippen LogP contribution is -2.45. The van der Waals surface area contributed by atoms with Crippen molar-refractivity contribution in [1.82, 2.24) is 0 Å². The Balaban J connectivity index is 2.29. The quantitative estimate of drug-likeness (QED) is 0.699. The third-order valence-corrected chi connectivity index (χ3v) is 6.25. The normalized spacial score (nSPS) is 47.6. The Bertz CT molecular complexity index is 432. The van der Waals surface area contributed by atoms with Crippen molar-refractivity contribution in [2.75, 3.05) is 0 Å². The molecule has 2 bridgehead atoms. The van der Waals surface area contributed by atoms with E-state index in [2.05, 4.69) is 20.8 Å².